The summed E-state index contributed by atoms with van der Waals surface area (Å²) < 4.78 is 41.5. The van der Waals surface area contributed by atoms with Crippen LogP contribution in [0.4, 0.5) is 13.2 Å². The Morgan fingerprint density at radius 1 is 0.875 bits per heavy atom. The topological polar surface area (TPSA) is 34.1 Å². The maximum absolute atomic E-state index is 14.2. The van der Waals surface area contributed by atoms with Gasteiger partial charge in [-0.05, 0) is 31.5 Å². The van der Waals surface area contributed by atoms with Crippen molar-refractivity contribution < 1.29 is 22.8 Å². The molecule has 0 spiro atoms. The quantitative estimate of drug-likeness (QED) is 0.772. The Balaban J connectivity index is 2.66. The summed E-state index contributed by atoms with van der Waals surface area (Å²) in [5.74, 6) is -7.04. The molecule has 2 atom stereocenters. The number of rotatable bonds is 5. The lowest BCUT2D eigenvalue weighted by Crippen LogP contribution is -2.26. The van der Waals surface area contributed by atoms with Crippen molar-refractivity contribution in [3.05, 3.63) is 70.0 Å². The second-order valence-electron chi connectivity index (χ2n) is 5.51. The van der Waals surface area contributed by atoms with E-state index < -0.39 is 46.4 Å². The highest BCUT2D eigenvalue weighted by molar-refractivity contribution is 6.30. The zero-order chi connectivity index (χ0) is 18.0. The van der Waals surface area contributed by atoms with Gasteiger partial charge < -0.3 is 0 Å². The highest BCUT2D eigenvalue weighted by Gasteiger charge is 2.36. The Morgan fingerprint density at radius 3 is 1.75 bits per heavy atom. The van der Waals surface area contributed by atoms with Crippen LogP contribution in [0.2, 0.25) is 5.02 Å². The van der Waals surface area contributed by atoms with Crippen LogP contribution in [0.15, 0.2) is 36.4 Å². The van der Waals surface area contributed by atoms with Crippen molar-refractivity contribution in [2.45, 2.75) is 25.7 Å². The van der Waals surface area contributed by atoms with Crippen LogP contribution in [-0.2, 0) is 9.59 Å². The molecule has 0 amide bonds. The van der Waals surface area contributed by atoms with E-state index in [0.29, 0.717) is 22.7 Å². The SMILES string of the molecule is CC(=O)C(c1ccc(Cl)cc1)C(C(C)=O)c1c(F)cc(F)cc1F. The first-order valence-corrected chi connectivity index (χ1v) is 7.51. The van der Waals surface area contributed by atoms with Gasteiger partial charge in [-0.1, -0.05) is 23.7 Å². The molecule has 2 nitrogen and oxygen atoms in total. The fourth-order valence-electron chi connectivity index (χ4n) is 2.79. The lowest BCUT2D eigenvalue weighted by molar-refractivity contribution is -0.125. The molecule has 0 fully saturated rings. The molecule has 0 radical (unpaired) electrons. The molecule has 2 aromatic carbocycles. The number of carbonyl (C=O) groups is 2. The fraction of sp³-hybridized carbons (Fsp3) is 0.222. The molecular weight excluding hydrogens is 341 g/mol. The van der Waals surface area contributed by atoms with Crippen LogP contribution in [0.3, 0.4) is 0 Å². The fourth-order valence-corrected chi connectivity index (χ4v) is 2.91. The van der Waals surface area contributed by atoms with Crippen LogP contribution in [0.25, 0.3) is 0 Å². The van der Waals surface area contributed by atoms with Gasteiger partial charge in [0.1, 0.15) is 29.0 Å². The molecule has 0 aromatic heterocycles. The zero-order valence-corrected chi connectivity index (χ0v) is 13.7. The molecule has 2 aromatic rings. The summed E-state index contributed by atoms with van der Waals surface area (Å²) in [5.41, 5.74) is -0.214. The van der Waals surface area contributed by atoms with E-state index in [9.17, 15) is 22.8 Å². The van der Waals surface area contributed by atoms with Crippen LogP contribution in [-0.4, -0.2) is 11.6 Å². The Kier molecular flexibility index (Phi) is 5.44. The van der Waals surface area contributed by atoms with E-state index in [0.717, 1.165) is 6.92 Å². The van der Waals surface area contributed by atoms with Gasteiger partial charge in [0.15, 0.2) is 0 Å². The number of carbonyl (C=O) groups excluding carboxylic acids is 2. The minimum absolute atomic E-state index is 0.398. The molecule has 0 aliphatic rings. The first kappa shape index (κ1) is 18.2. The monoisotopic (exact) mass is 354 g/mol. The lowest BCUT2D eigenvalue weighted by Gasteiger charge is -2.25. The molecule has 0 N–H and O–H groups in total. The summed E-state index contributed by atoms with van der Waals surface area (Å²) in [6.45, 7) is 2.37. The molecule has 2 rings (SSSR count). The molecule has 0 bridgehead atoms. The Morgan fingerprint density at radius 2 is 1.33 bits per heavy atom. The molecule has 0 aliphatic carbocycles. The highest BCUT2D eigenvalue weighted by Crippen LogP contribution is 2.38. The average molecular weight is 355 g/mol. The number of benzene rings is 2. The van der Waals surface area contributed by atoms with Gasteiger partial charge in [-0.25, -0.2) is 13.2 Å². The van der Waals surface area contributed by atoms with Gasteiger partial charge >= 0.3 is 0 Å². The third kappa shape index (κ3) is 3.67. The third-order valence-electron chi connectivity index (χ3n) is 3.79. The van der Waals surface area contributed by atoms with Gasteiger partial charge in [-0.3, -0.25) is 9.59 Å². The van der Waals surface area contributed by atoms with Crippen molar-refractivity contribution in [1.29, 1.82) is 0 Å². The number of hydrogen-bond acceptors (Lipinski definition) is 2. The normalized spacial score (nSPS) is 13.4. The molecule has 24 heavy (non-hydrogen) atoms. The van der Waals surface area contributed by atoms with Crippen molar-refractivity contribution in [2.24, 2.45) is 0 Å². The van der Waals surface area contributed by atoms with Crippen LogP contribution in [0.1, 0.15) is 36.8 Å². The summed E-state index contributed by atoms with van der Waals surface area (Å²) in [6.07, 6.45) is 0. The second kappa shape index (κ2) is 7.18. The average Bonchev–Trinajstić information content (AvgIpc) is 2.46. The van der Waals surface area contributed by atoms with Gasteiger partial charge in [0, 0.05) is 22.7 Å². The number of hydrogen-bond donors (Lipinski definition) is 0. The van der Waals surface area contributed by atoms with Gasteiger partial charge in [0.25, 0.3) is 0 Å². The number of Topliss-reactive ketones (excluding diaryl/α,β-unsaturated/α-hetero) is 2. The van der Waals surface area contributed by atoms with E-state index in [1.54, 1.807) is 0 Å². The molecule has 0 heterocycles. The van der Waals surface area contributed by atoms with Crippen molar-refractivity contribution in [2.75, 3.05) is 0 Å². The zero-order valence-electron chi connectivity index (χ0n) is 12.9. The van der Waals surface area contributed by atoms with Gasteiger partial charge in [0.05, 0.1) is 11.8 Å². The Labute approximate surface area is 142 Å². The number of halogens is 4. The lowest BCUT2D eigenvalue weighted by atomic mass is 9.76. The minimum Gasteiger partial charge on any atom is -0.299 e. The van der Waals surface area contributed by atoms with E-state index in [2.05, 4.69) is 0 Å². The summed E-state index contributed by atoms with van der Waals surface area (Å²) in [6, 6.07) is 7.05. The van der Waals surface area contributed by atoms with Crippen molar-refractivity contribution in [3.8, 4) is 0 Å². The van der Waals surface area contributed by atoms with Crippen LogP contribution >= 0.6 is 11.6 Å². The van der Waals surface area contributed by atoms with Crippen LogP contribution < -0.4 is 0 Å². The molecule has 2 unspecified atom stereocenters. The number of ketones is 2. The van der Waals surface area contributed by atoms with E-state index in [4.69, 9.17) is 11.6 Å². The summed E-state index contributed by atoms with van der Waals surface area (Å²) in [5, 5.41) is 0.416. The first-order chi connectivity index (χ1) is 11.2. The predicted molar refractivity (Wildman–Crippen MR) is 84.6 cm³/mol. The predicted octanol–water partition coefficient (Wildman–Crippen LogP) is 4.80. The van der Waals surface area contributed by atoms with Gasteiger partial charge in [-0.15, -0.1) is 0 Å². The second-order valence-corrected chi connectivity index (χ2v) is 5.95. The van der Waals surface area contributed by atoms with Crippen molar-refractivity contribution in [3.63, 3.8) is 0 Å². The molecule has 0 saturated carbocycles. The standard InChI is InChI=1S/C18H14ClF3O2/c1-9(23)16(11-3-5-12(19)6-4-11)17(10(2)24)18-14(21)7-13(20)8-15(18)22/h3-8,16-17H,1-2H3. The smallest absolute Gasteiger partial charge is 0.138 e. The van der Waals surface area contributed by atoms with Gasteiger partial charge in [0.2, 0.25) is 0 Å². The van der Waals surface area contributed by atoms with Crippen molar-refractivity contribution in [1.82, 2.24) is 0 Å². The van der Waals surface area contributed by atoms with Gasteiger partial charge in [-0.2, -0.15) is 0 Å². The summed E-state index contributed by atoms with van der Waals surface area (Å²) in [7, 11) is 0. The summed E-state index contributed by atoms with van der Waals surface area (Å²) in [4.78, 5) is 24.2. The van der Waals surface area contributed by atoms with E-state index >= 15 is 0 Å². The molecule has 6 heteroatoms. The highest BCUT2D eigenvalue weighted by atomic mass is 35.5. The maximum atomic E-state index is 14.2. The molecule has 0 aliphatic heterocycles. The summed E-state index contributed by atoms with van der Waals surface area (Å²) >= 11 is 5.81. The van der Waals surface area contributed by atoms with Crippen LogP contribution in [0.5, 0.6) is 0 Å². The first-order valence-electron chi connectivity index (χ1n) is 7.13. The Hall–Kier alpha value is -2.14. The Bertz CT molecular complexity index is 764. The van der Waals surface area contributed by atoms with E-state index in [-0.39, 0.29) is 0 Å². The molecule has 0 saturated heterocycles. The third-order valence-corrected chi connectivity index (χ3v) is 4.05. The molecule has 126 valence electrons. The van der Waals surface area contributed by atoms with E-state index in [1.165, 1.54) is 31.2 Å². The maximum Gasteiger partial charge on any atom is 0.138 e. The van der Waals surface area contributed by atoms with Crippen LogP contribution in [0, 0.1) is 17.5 Å². The van der Waals surface area contributed by atoms with Crippen molar-refractivity contribution >= 4 is 23.2 Å². The molecular formula is C18H14ClF3O2. The largest absolute Gasteiger partial charge is 0.299 e. The van der Waals surface area contributed by atoms with E-state index in [1.807, 2.05) is 0 Å². The minimum atomic E-state index is -1.40.